The van der Waals surface area contributed by atoms with Crippen molar-refractivity contribution in [1.29, 1.82) is 0 Å². The highest BCUT2D eigenvalue weighted by atomic mass is 32.2. The molecule has 0 unspecified atom stereocenters. The molecular formula is C16H23N3OS. The van der Waals surface area contributed by atoms with Gasteiger partial charge in [0.25, 0.3) is 0 Å². The van der Waals surface area contributed by atoms with E-state index < -0.39 is 0 Å². The number of rotatable bonds is 7. The highest BCUT2D eigenvalue weighted by Gasteiger charge is 2.14. The smallest absolute Gasteiger partial charge is 0.103 e. The largest absolute Gasteiger partial charge is 0.383 e. The van der Waals surface area contributed by atoms with Crippen LogP contribution in [0.1, 0.15) is 16.8 Å². The lowest BCUT2D eigenvalue weighted by Gasteiger charge is -2.08. The molecule has 114 valence electrons. The first-order valence-electron chi connectivity index (χ1n) is 7.08. The van der Waals surface area contributed by atoms with Gasteiger partial charge >= 0.3 is 0 Å². The molecule has 0 amide bonds. The van der Waals surface area contributed by atoms with Gasteiger partial charge in [0, 0.05) is 37.7 Å². The molecule has 0 aliphatic carbocycles. The molecule has 21 heavy (non-hydrogen) atoms. The quantitative estimate of drug-likeness (QED) is 0.798. The van der Waals surface area contributed by atoms with Crippen LogP contribution in [0.2, 0.25) is 0 Å². The zero-order chi connectivity index (χ0) is 15.2. The van der Waals surface area contributed by atoms with Crippen molar-refractivity contribution in [2.45, 2.75) is 30.3 Å². The Bertz CT molecular complexity index is 595. The molecule has 0 aliphatic rings. The Morgan fingerprint density at radius 3 is 2.86 bits per heavy atom. The number of hydrogen-bond donors (Lipinski definition) is 1. The SMILES string of the molecule is COCCNCc1c(C)nn(C)c1Sc1cccc(C)c1. The average Bonchev–Trinajstić information content (AvgIpc) is 2.70. The van der Waals surface area contributed by atoms with Gasteiger partial charge in [0.2, 0.25) is 0 Å². The number of aromatic nitrogens is 2. The van der Waals surface area contributed by atoms with Crippen LogP contribution >= 0.6 is 11.8 Å². The molecule has 0 fully saturated rings. The minimum atomic E-state index is 0.722. The summed E-state index contributed by atoms with van der Waals surface area (Å²) in [7, 11) is 3.72. The van der Waals surface area contributed by atoms with Crippen LogP contribution in [0.15, 0.2) is 34.2 Å². The number of aryl methyl sites for hydroxylation is 3. The second-order valence-corrected chi connectivity index (χ2v) is 6.14. The fraction of sp³-hybridized carbons (Fsp3) is 0.438. The molecule has 1 heterocycles. The Morgan fingerprint density at radius 1 is 1.33 bits per heavy atom. The number of nitrogens with zero attached hydrogens (tertiary/aromatic N) is 2. The van der Waals surface area contributed by atoms with Crippen LogP contribution in [0.5, 0.6) is 0 Å². The lowest BCUT2D eigenvalue weighted by atomic mass is 10.2. The molecule has 0 saturated heterocycles. The van der Waals surface area contributed by atoms with E-state index in [4.69, 9.17) is 4.74 Å². The second-order valence-electron chi connectivity index (χ2n) is 5.08. The summed E-state index contributed by atoms with van der Waals surface area (Å²) in [6.45, 7) is 6.57. The summed E-state index contributed by atoms with van der Waals surface area (Å²) < 4.78 is 7.03. The number of nitrogens with one attached hydrogen (secondary N) is 1. The first-order valence-corrected chi connectivity index (χ1v) is 7.90. The molecule has 0 atom stereocenters. The lowest BCUT2D eigenvalue weighted by molar-refractivity contribution is 0.199. The van der Waals surface area contributed by atoms with Crippen molar-refractivity contribution in [1.82, 2.24) is 15.1 Å². The molecule has 1 N–H and O–H groups in total. The van der Waals surface area contributed by atoms with Crippen LogP contribution in [-0.4, -0.2) is 30.0 Å². The highest BCUT2D eigenvalue weighted by Crippen LogP contribution is 2.32. The number of methoxy groups -OCH3 is 1. The molecule has 4 nitrogen and oxygen atoms in total. The monoisotopic (exact) mass is 305 g/mol. The summed E-state index contributed by atoms with van der Waals surface area (Å²) >= 11 is 1.77. The Kier molecular flexibility index (Phi) is 5.85. The van der Waals surface area contributed by atoms with E-state index in [-0.39, 0.29) is 0 Å². The van der Waals surface area contributed by atoms with Gasteiger partial charge in [-0.25, -0.2) is 0 Å². The van der Waals surface area contributed by atoms with Crippen molar-refractivity contribution < 1.29 is 4.74 Å². The molecule has 0 radical (unpaired) electrons. The van der Waals surface area contributed by atoms with Crippen LogP contribution in [-0.2, 0) is 18.3 Å². The van der Waals surface area contributed by atoms with E-state index in [9.17, 15) is 0 Å². The third kappa shape index (κ3) is 4.33. The molecule has 5 heteroatoms. The molecule has 0 aliphatic heterocycles. The van der Waals surface area contributed by atoms with Gasteiger partial charge in [-0.05, 0) is 26.0 Å². The van der Waals surface area contributed by atoms with Crippen LogP contribution in [0.4, 0.5) is 0 Å². The maximum atomic E-state index is 5.07. The summed E-state index contributed by atoms with van der Waals surface area (Å²) in [4.78, 5) is 1.25. The van der Waals surface area contributed by atoms with Crippen molar-refractivity contribution >= 4 is 11.8 Å². The minimum Gasteiger partial charge on any atom is -0.383 e. The fourth-order valence-corrected chi connectivity index (χ4v) is 3.32. The number of benzene rings is 1. The van der Waals surface area contributed by atoms with Crippen LogP contribution in [0, 0.1) is 13.8 Å². The second kappa shape index (κ2) is 7.64. The van der Waals surface area contributed by atoms with E-state index in [1.54, 1.807) is 18.9 Å². The average molecular weight is 305 g/mol. The van der Waals surface area contributed by atoms with Gasteiger partial charge in [0.15, 0.2) is 0 Å². The molecule has 0 bridgehead atoms. The Morgan fingerprint density at radius 2 is 2.14 bits per heavy atom. The maximum Gasteiger partial charge on any atom is 0.103 e. The number of ether oxygens (including phenoxy) is 1. The Labute approximate surface area is 130 Å². The van der Waals surface area contributed by atoms with Crippen molar-refractivity contribution in [2.24, 2.45) is 7.05 Å². The van der Waals surface area contributed by atoms with Gasteiger partial charge in [-0.15, -0.1) is 0 Å². The molecule has 1 aromatic carbocycles. The van der Waals surface area contributed by atoms with Gasteiger partial charge in [-0.3, -0.25) is 4.68 Å². The van der Waals surface area contributed by atoms with Gasteiger partial charge in [0.1, 0.15) is 5.03 Å². The standard InChI is InChI=1S/C16H23N3OS/c1-12-6-5-7-14(10-12)21-16-15(11-17-8-9-20-4)13(2)18-19(16)3/h5-7,10,17H,8-9,11H2,1-4H3. The zero-order valence-corrected chi connectivity index (χ0v) is 14.0. The molecule has 2 rings (SSSR count). The summed E-state index contributed by atoms with van der Waals surface area (Å²) in [5.41, 5.74) is 3.62. The van der Waals surface area contributed by atoms with Gasteiger partial charge < -0.3 is 10.1 Å². The Hall–Kier alpha value is -1.30. The minimum absolute atomic E-state index is 0.722. The van der Waals surface area contributed by atoms with Gasteiger partial charge in [0.05, 0.1) is 12.3 Å². The van der Waals surface area contributed by atoms with Crippen LogP contribution in [0.25, 0.3) is 0 Å². The predicted molar refractivity (Wildman–Crippen MR) is 86.8 cm³/mol. The third-order valence-electron chi connectivity index (χ3n) is 3.28. The van der Waals surface area contributed by atoms with Crippen LogP contribution < -0.4 is 5.32 Å². The molecule has 0 saturated carbocycles. The van der Waals surface area contributed by atoms with Crippen LogP contribution in [0.3, 0.4) is 0 Å². The molecular weight excluding hydrogens is 282 g/mol. The van der Waals surface area contributed by atoms with E-state index in [0.29, 0.717) is 0 Å². The lowest BCUT2D eigenvalue weighted by Crippen LogP contribution is -2.19. The normalized spacial score (nSPS) is 11.0. The van der Waals surface area contributed by atoms with E-state index >= 15 is 0 Å². The van der Waals surface area contributed by atoms with E-state index in [1.807, 2.05) is 11.7 Å². The van der Waals surface area contributed by atoms with Crippen molar-refractivity contribution in [3.8, 4) is 0 Å². The van der Waals surface area contributed by atoms with Gasteiger partial charge in [-0.2, -0.15) is 5.10 Å². The Balaban J connectivity index is 2.14. The molecule has 2 aromatic rings. The summed E-state index contributed by atoms with van der Waals surface area (Å²) in [5.74, 6) is 0. The van der Waals surface area contributed by atoms with Gasteiger partial charge in [-0.1, -0.05) is 29.5 Å². The van der Waals surface area contributed by atoms with E-state index in [1.165, 1.54) is 21.0 Å². The molecule has 0 spiro atoms. The van der Waals surface area contributed by atoms with E-state index in [0.717, 1.165) is 25.4 Å². The first kappa shape index (κ1) is 16.1. The topological polar surface area (TPSA) is 39.1 Å². The summed E-state index contributed by atoms with van der Waals surface area (Å²) in [5, 5.41) is 9.15. The maximum absolute atomic E-state index is 5.07. The summed E-state index contributed by atoms with van der Waals surface area (Å²) in [6.07, 6.45) is 0. The van der Waals surface area contributed by atoms with Crippen molar-refractivity contribution in [3.05, 3.63) is 41.1 Å². The van der Waals surface area contributed by atoms with E-state index in [2.05, 4.69) is 48.5 Å². The highest BCUT2D eigenvalue weighted by molar-refractivity contribution is 7.99. The number of hydrogen-bond acceptors (Lipinski definition) is 4. The zero-order valence-electron chi connectivity index (χ0n) is 13.1. The first-order chi connectivity index (χ1) is 10.1. The fourth-order valence-electron chi connectivity index (χ4n) is 2.19. The van der Waals surface area contributed by atoms with Crippen molar-refractivity contribution in [3.63, 3.8) is 0 Å². The third-order valence-corrected chi connectivity index (χ3v) is 4.47. The molecule has 1 aromatic heterocycles. The predicted octanol–water partition coefficient (Wildman–Crippen LogP) is 2.92. The summed E-state index contributed by atoms with van der Waals surface area (Å²) in [6, 6.07) is 8.56. The van der Waals surface area contributed by atoms with Crippen molar-refractivity contribution in [2.75, 3.05) is 20.3 Å².